The van der Waals surface area contributed by atoms with Crippen LogP contribution in [-0.2, 0) is 11.2 Å². The van der Waals surface area contributed by atoms with Gasteiger partial charge in [0.25, 0.3) is 0 Å². The van der Waals surface area contributed by atoms with E-state index in [2.05, 4.69) is 25.8 Å². The molecular weight excluding hydrogens is 218 g/mol. The van der Waals surface area contributed by atoms with E-state index in [9.17, 15) is 4.79 Å². The number of Topliss-reactive ketones (excluding diaryl/α,β-unsaturated/α-hetero) is 1. The largest absolute Gasteiger partial charge is 0.299 e. The van der Waals surface area contributed by atoms with Gasteiger partial charge < -0.3 is 0 Å². The number of hydrogen-bond acceptors (Lipinski definition) is 3. The van der Waals surface area contributed by atoms with Crippen LogP contribution >= 0.6 is 11.3 Å². The quantitative estimate of drug-likeness (QED) is 0.804. The molecule has 0 aliphatic rings. The first-order chi connectivity index (χ1) is 7.32. The molecule has 0 saturated heterocycles. The Morgan fingerprint density at radius 1 is 1.44 bits per heavy atom. The van der Waals surface area contributed by atoms with Gasteiger partial charge in [0, 0.05) is 29.8 Å². The van der Waals surface area contributed by atoms with Gasteiger partial charge in [0.1, 0.15) is 5.78 Å². The molecule has 1 unspecified atom stereocenters. The fourth-order valence-electron chi connectivity index (χ4n) is 1.76. The average molecular weight is 239 g/mol. The second-order valence-corrected chi connectivity index (χ2v) is 6.58. The molecule has 0 saturated carbocycles. The van der Waals surface area contributed by atoms with Gasteiger partial charge >= 0.3 is 0 Å². The van der Waals surface area contributed by atoms with Crippen LogP contribution < -0.4 is 0 Å². The fraction of sp³-hybridized carbons (Fsp3) is 0.692. The van der Waals surface area contributed by atoms with Crippen molar-refractivity contribution in [3.63, 3.8) is 0 Å². The van der Waals surface area contributed by atoms with Gasteiger partial charge in [-0.2, -0.15) is 0 Å². The molecule has 3 heteroatoms. The number of nitrogens with zero attached hydrogens (tertiary/aromatic N) is 1. The Bertz CT molecular complexity index is 335. The number of thiazole rings is 1. The third-order valence-electron chi connectivity index (χ3n) is 2.82. The van der Waals surface area contributed by atoms with Crippen LogP contribution in [-0.4, -0.2) is 10.8 Å². The smallest absolute Gasteiger partial charge is 0.139 e. The minimum atomic E-state index is 0.00697. The zero-order valence-electron chi connectivity index (χ0n) is 10.8. The number of aromatic nitrogens is 1. The second kappa shape index (κ2) is 5.09. The van der Waals surface area contributed by atoms with Crippen molar-refractivity contribution in [1.29, 1.82) is 0 Å². The molecule has 0 spiro atoms. The van der Waals surface area contributed by atoms with E-state index in [1.54, 1.807) is 17.5 Å². The molecule has 16 heavy (non-hydrogen) atoms. The van der Waals surface area contributed by atoms with Crippen LogP contribution in [0, 0.1) is 17.3 Å². The molecule has 1 rings (SSSR count). The van der Waals surface area contributed by atoms with E-state index < -0.39 is 0 Å². The lowest BCUT2D eigenvalue weighted by atomic mass is 9.74. The first-order valence-electron chi connectivity index (χ1n) is 5.74. The Balaban J connectivity index is 2.85. The molecule has 1 heterocycles. The Hall–Kier alpha value is -0.700. The zero-order valence-corrected chi connectivity index (χ0v) is 11.6. The molecule has 1 aromatic heterocycles. The standard InChI is InChI=1S/C13H21NOS/c1-9(2)12(15)10(13(3,4)5)8-11-14-6-7-16-11/h6-7,9-10H,8H2,1-5H3. The van der Waals surface area contributed by atoms with Crippen molar-refractivity contribution < 1.29 is 4.79 Å². The molecule has 1 aromatic rings. The normalized spacial score (nSPS) is 14.1. The summed E-state index contributed by atoms with van der Waals surface area (Å²) in [5.41, 5.74) is 0.00697. The van der Waals surface area contributed by atoms with Crippen LogP contribution in [0.25, 0.3) is 0 Å². The summed E-state index contributed by atoms with van der Waals surface area (Å²) in [6, 6.07) is 0. The SMILES string of the molecule is CC(C)C(=O)C(Cc1nccs1)C(C)(C)C. The molecule has 1 atom stereocenters. The molecular formula is C13H21NOS. The van der Waals surface area contributed by atoms with E-state index in [4.69, 9.17) is 0 Å². The molecule has 0 bridgehead atoms. The van der Waals surface area contributed by atoms with Crippen LogP contribution in [0.4, 0.5) is 0 Å². The summed E-state index contributed by atoms with van der Waals surface area (Å²) < 4.78 is 0. The molecule has 90 valence electrons. The lowest BCUT2D eigenvalue weighted by Crippen LogP contribution is -2.33. The van der Waals surface area contributed by atoms with Gasteiger partial charge in [0.15, 0.2) is 0 Å². The Kier molecular flexibility index (Phi) is 4.25. The topological polar surface area (TPSA) is 30.0 Å². The van der Waals surface area contributed by atoms with Crippen LogP contribution in [0.15, 0.2) is 11.6 Å². The van der Waals surface area contributed by atoms with Gasteiger partial charge in [0.05, 0.1) is 5.01 Å². The highest BCUT2D eigenvalue weighted by atomic mass is 32.1. The molecule has 0 aliphatic carbocycles. The molecule has 0 radical (unpaired) electrons. The monoisotopic (exact) mass is 239 g/mol. The summed E-state index contributed by atoms with van der Waals surface area (Å²) in [6.07, 6.45) is 2.58. The summed E-state index contributed by atoms with van der Waals surface area (Å²) in [7, 11) is 0. The van der Waals surface area contributed by atoms with Crippen LogP contribution in [0.3, 0.4) is 0 Å². The van der Waals surface area contributed by atoms with Crippen molar-refractivity contribution in [3.05, 3.63) is 16.6 Å². The van der Waals surface area contributed by atoms with Crippen LogP contribution in [0.1, 0.15) is 39.6 Å². The number of rotatable bonds is 4. The highest BCUT2D eigenvalue weighted by molar-refractivity contribution is 7.09. The summed E-state index contributed by atoms with van der Waals surface area (Å²) in [6.45, 7) is 10.3. The third-order valence-corrected chi connectivity index (χ3v) is 3.62. The van der Waals surface area contributed by atoms with Gasteiger partial charge in [-0.3, -0.25) is 4.79 Å². The Labute approximate surface area is 102 Å². The van der Waals surface area contributed by atoms with Crippen molar-refractivity contribution in [2.24, 2.45) is 17.3 Å². The maximum atomic E-state index is 12.2. The predicted molar refractivity (Wildman–Crippen MR) is 68.6 cm³/mol. The Morgan fingerprint density at radius 3 is 2.44 bits per heavy atom. The van der Waals surface area contributed by atoms with Crippen molar-refractivity contribution >= 4 is 17.1 Å². The fourth-order valence-corrected chi connectivity index (χ4v) is 2.43. The highest BCUT2D eigenvalue weighted by Crippen LogP contribution is 2.32. The summed E-state index contributed by atoms with van der Waals surface area (Å²) in [5, 5.41) is 3.03. The Morgan fingerprint density at radius 2 is 2.06 bits per heavy atom. The minimum absolute atomic E-state index is 0.00697. The number of ketones is 1. The maximum absolute atomic E-state index is 12.2. The molecule has 0 fully saturated rings. The van der Waals surface area contributed by atoms with E-state index in [1.807, 2.05) is 19.2 Å². The van der Waals surface area contributed by atoms with Crippen LogP contribution in [0.2, 0.25) is 0 Å². The number of carbonyl (C=O) groups excluding carboxylic acids is 1. The minimum Gasteiger partial charge on any atom is -0.299 e. The predicted octanol–water partition coefficient (Wildman–Crippen LogP) is 3.57. The van der Waals surface area contributed by atoms with Gasteiger partial charge in [-0.1, -0.05) is 34.6 Å². The molecule has 0 aliphatic heterocycles. The zero-order chi connectivity index (χ0) is 12.3. The first-order valence-corrected chi connectivity index (χ1v) is 6.62. The van der Waals surface area contributed by atoms with Gasteiger partial charge in [-0.25, -0.2) is 4.98 Å². The number of hydrogen-bond donors (Lipinski definition) is 0. The van der Waals surface area contributed by atoms with E-state index in [1.165, 1.54) is 0 Å². The molecule has 0 amide bonds. The highest BCUT2D eigenvalue weighted by Gasteiger charge is 2.32. The summed E-state index contributed by atoms with van der Waals surface area (Å²) in [4.78, 5) is 16.5. The molecule has 0 N–H and O–H groups in total. The second-order valence-electron chi connectivity index (χ2n) is 5.61. The summed E-state index contributed by atoms with van der Waals surface area (Å²) >= 11 is 1.63. The van der Waals surface area contributed by atoms with E-state index >= 15 is 0 Å². The maximum Gasteiger partial charge on any atom is 0.139 e. The molecule has 2 nitrogen and oxygen atoms in total. The van der Waals surface area contributed by atoms with Crippen molar-refractivity contribution in [1.82, 2.24) is 4.98 Å². The van der Waals surface area contributed by atoms with Gasteiger partial charge in [-0.15, -0.1) is 11.3 Å². The van der Waals surface area contributed by atoms with Gasteiger partial charge in [0.2, 0.25) is 0 Å². The van der Waals surface area contributed by atoms with Crippen molar-refractivity contribution in [2.75, 3.05) is 0 Å². The first kappa shape index (κ1) is 13.4. The lowest BCUT2D eigenvalue weighted by Gasteiger charge is -2.30. The third kappa shape index (κ3) is 3.41. The van der Waals surface area contributed by atoms with Gasteiger partial charge in [-0.05, 0) is 5.41 Å². The van der Waals surface area contributed by atoms with Crippen LogP contribution in [0.5, 0.6) is 0 Å². The van der Waals surface area contributed by atoms with E-state index in [-0.39, 0.29) is 17.3 Å². The van der Waals surface area contributed by atoms with Crippen molar-refractivity contribution in [2.45, 2.75) is 41.0 Å². The lowest BCUT2D eigenvalue weighted by molar-refractivity contribution is -0.129. The number of carbonyl (C=O) groups is 1. The van der Waals surface area contributed by atoms with E-state index in [0.29, 0.717) is 5.78 Å². The molecule has 0 aromatic carbocycles. The average Bonchev–Trinajstić information content (AvgIpc) is 2.63. The van der Waals surface area contributed by atoms with Crippen molar-refractivity contribution in [3.8, 4) is 0 Å². The van der Waals surface area contributed by atoms with E-state index in [0.717, 1.165) is 11.4 Å². The summed E-state index contributed by atoms with van der Waals surface area (Å²) in [5.74, 6) is 0.519.